The molecule has 0 fully saturated rings. The van der Waals surface area contributed by atoms with E-state index in [1.807, 2.05) is 30.3 Å². The molecule has 4 aromatic rings. The van der Waals surface area contributed by atoms with Crippen molar-refractivity contribution in [2.75, 3.05) is 5.32 Å². The van der Waals surface area contributed by atoms with Gasteiger partial charge in [0.2, 0.25) is 0 Å². The largest absolute Gasteiger partial charge is 0.493 e. The van der Waals surface area contributed by atoms with Gasteiger partial charge in [0.25, 0.3) is 5.91 Å². The Morgan fingerprint density at radius 1 is 1.14 bits per heavy atom. The van der Waals surface area contributed by atoms with E-state index in [1.165, 1.54) is 6.20 Å². The smallest absolute Gasteiger partial charge is 0.423 e. The van der Waals surface area contributed by atoms with Crippen LogP contribution in [0.25, 0.3) is 22.4 Å². The molecular weight excluding hydrogens is 371 g/mol. The van der Waals surface area contributed by atoms with Crippen LogP contribution in [0.5, 0.6) is 0 Å². The van der Waals surface area contributed by atoms with E-state index in [0.717, 1.165) is 5.56 Å². The highest BCUT2D eigenvalue weighted by Gasteiger charge is 2.21. The standard InChI is InChI=1S/C19H17BN6O3/c21-17(27)13-8-4-7-12-15(13)25-26-16(12)19-23-10-14(20(28)29)18(24-19)22-9-11-5-2-1-3-6-11/h1-8,10,28-29H,9H2,(H2,21,27)(H,25,26)(H,22,23,24). The van der Waals surface area contributed by atoms with Crippen LogP contribution in [0.3, 0.4) is 0 Å². The molecule has 1 amide bonds. The van der Waals surface area contributed by atoms with E-state index in [2.05, 4.69) is 25.5 Å². The van der Waals surface area contributed by atoms with Gasteiger partial charge in [-0.3, -0.25) is 9.89 Å². The number of para-hydroxylation sites is 1. The number of amides is 1. The average molecular weight is 388 g/mol. The quantitative estimate of drug-likeness (QED) is 0.300. The molecule has 29 heavy (non-hydrogen) atoms. The lowest BCUT2D eigenvalue weighted by Crippen LogP contribution is -2.34. The van der Waals surface area contributed by atoms with Crippen LogP contribution >= 0.6 is 0 Å². The summed E-state index contributed by atoms with van der Waals surface area (Å²) in [5.41, 5.74) is 7.76. The highest BCUT2D eigenvalue weighted by Crippen LogP contribution is 2.26. The Morgan fingerprint density at radius 2 is 1.93 bits per heavy atom. The molecule has 10 heteroatoms. The fraction of sp³-hybridized carbons (Fsp3) is 0.0526. The average Bonchev–Trinajstić information content (AvgIpc) is 3.16. The zero-order valence-electron chi connectivity index (χ0n) is 15.2. The molecule has 0 unspecified atom stereocenters. The van der Waals surface area contributed by atoms with E-state index in [4.69, 9.17) is 5.73 Å². The van der Waals surface area contributed by atoms with E-state index < -0.39 is 13.0 Å². The van der Waals surface area contributed by atoms with Gasteiger partial charge in [-0.25, -0.2) is 9.97 Å². The third-order valence-electron chi connectivity index (χ3n) is 4.47. The number of nitrogens with one attached hydrogen (secondary N) is 2. The summed E-state index contributed by atoms with van der Waals surface area (Å²) in [7, 11) is -1.73. The van der Waals surface area contributed by atoms with Crippen LogP contribution in [0.4, 0.5) is 5.82 Å². The van der Waals surface area contributed by atoms with Crippen LogP contribution in [-0.2, 0) is 6.54 Å². The molecule has 0 radical (unpaired) electrons. The van der Waals surface area contributed by atoms with E-state index in [-0.39, 0.29) is 22.7 Å². The van der Waals surface area contributed by atoms with Gasteiger partial charge in [-0.1, -0.05) is 42.5 Å². The predicted molar refractivity (Wildman–Crippen MR) is 109 cm³/mol. The first kappa shape index (κ1) is 18.6. The van der Waals surface area contributed by atoms with Crippen LogP contribution in [0.2, 0.25) is 0 Å². The lowest BCUT2D eigenvalue weighted by molar-refractivity contribution is 0.100. The van der Waals surface area contributed by atoms with Crippen molar-refractivity contribution in [2.24, 2.45) is 5.73 Å². The number of hydrogen-bond acceptors (Lipinski definition) is 7. The molecule has 144 valence electrons. The summed E-state index contributed by atoms with van der Waals surface area (Å²) < 4.78 is 0. The number of aromatic amines is 1. The van der Waals surface area contributed by atoms with Crippen LogP contribution in [-0.4, -0.2) is 43.2 Å². The van der Waals surface area contributed by atoms with E-state index in [1.54, 1.807) is 18.2 Å². The van der Waals surface area contributed by atoms with E-state index in [9.17, 15) is 14.8 Å². The maximum absolute atomic E-state index is 11.6. The third-order valence-corrected chi connectivity index (χ3v) is 4.47. The zero-order valence-corrected chi connectivity index (χ0v) is 15.2. The molecule has 0 saturated carbocycles. The number of H-pyrrole nitrogens is 1. The second kappa shape index (κ2) is 7.70. The number of carbonyl (C=O) groups excluding carboxylic acids is 1. The Balaban J connectivity index is 1.74. The highest BCUT2D eigenvalue weighted by atomic mass is 16.4. The SMILES string of the molecule is NC(=O)c1cccc2c(-c3ncc(B(O)O)c(NCc4ccccc4)n3)[nH]nc12. The molecule has 6 N–H and O–H groups in total. The highest BCUT2D eigenvalue weighted by molar-refractivity contribution is 6.60. The molecule has 4 rings (SSSR count). The number of aromatic nitrogens is 4. The van der Waals surface area contributed by atoms with E-state index in [0.29, 0.717) is 23.1 Å². The molecule has 0 spiro atoms. The summed E-state index contributed by atoms with van der Waals surface area (Å²) in [5, 5.41) is 30.1. The van der Waals surface area contributed by atoms with Gasteiger partial charge in [0, 0.05) is 23.6 Å². The van der Waals surface area contributed by atoms with Crippen LogP contribution < -0.4 is 16.5 Å². The molecule has 0 saturated heterocycles. The molecule has 0 bridgehead atoms. The molecule has 9 nitrogen and oxygen atoms in total. The fourth-order valence-electron chi connectivity index (χ4n) is 3.03. The number of primary amides is 1. The van der Waals surface area contributed by atoms with Crippen molar-refractivity contribution in [3.63, 3.8) is 0 Å². The lowest BCUT2D eigenvalue weighted by atomic mass is 9.81. The zero-order chi connectivity index (χ0) is 20.4. The van der Waals surface area contributed by atoms with Crippen LogP contribution in [0, 0.1) is 0 Å². The minimum Gasteiger partial charge on any atom is -0.423 e. The van der Waals surface area contributed by atoms with Gasteiger partial charge in [0.05, 0.1) is 5.56 Å². The number of fused-ring (bicyclic) bond motifs is 1. The minimum absolute atomic E-state index is 0.145. The van der Waals surface area contributed by atoms with Crippen molar-refractivity contribution in [1.29, 1.82) is 0 Å². The molecule has 0 aliphatic heterocycles. The van der Waals surface area contributed by atoms with Gasteiger partial charge >= 0.3 is 7.12 Å². The van der Waals surface area contributed by atoms with Crippen molar-refractivity contribution >= 4 is 35.2 Å². The lowest BCUT2D eigenvalue weighted by Gasteiger charge is -2.11. The molecule has 0 aliphatic rings. The number of nitrogens with zero attached hydrogens (tertiary/aromatic N) is 3. The summed E-state index contributed by atoms with van der Waals surface area (Å²) in [6.45, 7) is 0.437. The molecule has 0 aliphatic carbocycles. The Labute approximate surface area is 165 Å². The predicted octanol–water partition coefficient (Wildman–Crippen LogP) is 0.411. The van der Waals surface area contributed by atoms with Crippen molar-refractivity contribution in [2.45, 2.75) is 6.54 Å². The van der Waals surface area contributed by atoms with Gasteiger partial charge in [-0.05, 0) is 11.6 Å². The van der Waals surface area contributed by atoms with Gasteiger partial charge in [-0.2, -0.15) is 5.10 Å². The summed E-state index contributed by atoms with van der Waals surface area (Å²) in [4.78, 5) is 20.3. The maximum Gasteiger partial charge on any atom is 0.493 e. The van der Waals surface area contributed by atoms with Gasteiger partial charge in [0.15, 0.2) is 5.82 Å². The van der Waals surface area contributed by atoms with Crippen LogP contribution in [0.1, 0.15) is 15.9 Å². The maximum atomic E-state index is 11.6. The number of hydrogen-bond donors (Lipinski definition) is 5. The summed E-state index contributed by atoms with van der Waals surface area (Å²) >= 11 is 0. The van der Waals surface area contributed by atoms with Gasteiger partial charge in [0.1, 0.15) is 17.0 Å². The summed E-state index contributed by atoms with van der Waals surface area (Å²) in [6.07, 6.45) is 1.34. The van der Waals surface area contributed by atoms with Crippen molar-refractivity contribution in [3.8, 4) is 11.5 Å². The summed E-state index contributed by atoms with van der Waals surface area (Å²) in [5.74, 6) is -0.0183. The number of benzene rings is 2. The summed E-state index contributed by atoms with van der Waals surface area (Å²) in [6, 6.07) is 14.7. The first-order valence-corrected chi connectivity index (χ1v) is 8.82. The van der Waals surface area contributed by atoms with Crippen molar-refractivity contribution in [1.82, 2.24) is 20.2 Å². The fourth-order valence-corrected chi connectivity index (χ4v) is 3.03. The number of nitrogens with two attached hydrogens (primary N) is 1. The van der Waals surface area contributed by atoms with Crippen molar-refractivity contribution in [3.05, 3.63) is 65.9 Å². The Hall–Kier alpha value is -3.76. The topological polar surface area (TPSA) is 150 Å². The normalized spacial score (nSPS) is 10.8. The Morgan fingerprint density at radius 3 is 2.66 bits per heavy atom. The first-order valence-electron chi connectivity index (χ1n) is 8.82. The number of carbonyl (C=O) groups is 1. The number of rotatable bonds is 6. The number of anilines is 1. The van der Waals surface area contributed by atoms with Crippen LogP contribution in [0.15, 0.2) is 54.7 Å². The Bertz CT molecular complexity index is 1180. The third kappa shape index (κ3) is 3.66. The molecule has 0 atom stereocenters. The molecule has 2 aromatic heterocycles. The van der Waals surface area contributed by atoms with Crippen molar-refractivity contribution < 1.29 is 14.8 Å². The second-order valence-corrected chi connectivity index (χ2v) is 6.37. The molecule has 2 aromatic carbocycles. The Kier molecular flexibility index (Phi) is 4.94. The molecular formula is C19H17BN6O3. The second-order valence-electron chi connectivity index (χ2n) is 6.37. The first-order chi connectivity index (χ1) is 14.0. The minimum atomic E-state index is -1.73. The van der Waals surface area contributed by atoms with E-state index >= 15 is 0 Å². The van der Waals surface area contributed by atoms with Gasteiger partial charge < -0.3 is 21.1 Å². The molecule has 2 heterocycles. The van der Waals surface area contributed by atoms with Gasteiger partial charge in [-0.15, -0.1) is 0 Å². The monoisotopic (exact) mass is 388 g/mol.